The van der Waals surface area contributed by atoms with Crippen LogP contribution in [0.15, 0.2) is 36.4 Å². The number of rotatable bonds is 4. The molecule has 10 nitrogen and oxygen atoms in total. The normalized spacial score (nSPS) is 12.8. The fourth-order valence-corrected chi connectivity index (χ4v) is 3.39. The van der Waals surface area contributed by atoms with E-state index in [2.05, 4.69) is 15.4 Å². The van der Waals surface area contributed by atoms with Crippen LogP contribution in [0.1, 0.15) is 62.2 Å². The van der Waals surface area contributed by atoms with Gasteiger partial charge in [0.15, 0.2) is 0 Å². The molecule has 2 aromatic carbocycles. The third-order valence-corrected chi connectivity index (χ3v) is 4.91. The van der Waals surface area contributed by atoms with Gasteiger partial charge in [-0.1, -0.05) is 0 Å². The summed E-state index contributed by atoms with van der Waals surface area (Å²) in [5.74, 6) is -2.23. The predicted molar refractivity (Wildman–Crippen MR) is 118 cm³/mol. The molecule has 3 rings (SSSR count). The minimum Gasteiger partial charge on any atom is -0.465 e. The minimum absolute atomic E-state index is 0.0218. The Kier molecular flexibility index (Phi) is 6.21. The molecule has 1 aliphatic heterocycles. The first kappa shape index (κ1) is 23.5. The molecule has 0 atom stereocenters. The van der Waals surface area contributed by atoms with E-state index < -0.39 is 35.3 Å². The van der Waals surface area contributed by atoms with Gasteiger partial charge in [0, 0.05) is 11.2 Å². The molecule has 172 valence electrons. The maximum absolute atomic E-state index is 12.7. The lowest BCUT2D eigenvalue weighted by Crippen LogP contribution is -2.45. The first-order chi connectivity index (χ1) is 15.5. The number of amides is 4. The monoisotopic (exact) mass is 453 g/mol. The van der Waals surface area contributed by atoms with Gasteiger partial charge in [-0.2, -0.15) is 0 Å². The summed E-state index contributed by atoms with van der Waals surface area (Å²) in [4.78, 5) is 63.0. The largest absolute Gasteiger partial charge is 0.465 e. The first-order valence-corrected chi connectivity index (χ1v) is 9.89. The SMILES string of the molecule is COC(=O)c1ccc(C(=O)OC)c(NC(=O)Nc2ccc3c(c2)C(=O)N(C(C)(C)C)C3=O)c1. The van der Waals surface area contributed by atoms with Crippen LogP contribution in [-0.2, 0) is 9.47 Å². The molecular weight excluding hydrogens is 430 g/mol. The van der Waals surface area contributed by atoms with E-state index in [1.54, 1.807) is 20.8 Å². The number of benzene rings is 2. The van der Waals surface area contributed by atoms with Crippen LogP contribution in [0.2, 0.25) is 0 Å². The summed E-state index contributed by atoms with van der Waals surface area (Å²) < 4.78 is 9.38. The van der Waals surface area contributed by atoms with Gasteiger partial charge in [-0.05, 0) is 57.2 Å². The lowest BCUT2D eigenvalue weighted by Gasteiger charge is -2.29. The molecule has 0 aliphatic carbocycles. The Labute approximate surface area is 189 Å². The van der Waals surface area contributed by atoms with E-state index in [1.165, 1.54) is 55.5 Å². The molecule has 0 fully saturated rings. The molecular formula is C23H23N3O7. The van der Waals surface area contributed by atoms with E-state index in [-0.39, 0.29) is 33.6 Å². The maximum atomic E-state index is 12.7. The molecule has 0 radical (unpaired) electrons. The van der Waals surface area contributed by atoms with Crippen molar-refractivity contribution in [2.24, 2.45) is 0 Å². The summed E-state index contributed by atoms with van der Waals surface area (Å²) in [7, 11) is 2.39. The second-order valence-corrected chi connectivity index (χ2v) is 8.20. The number of hydrogen-bond acceptors (Lipinski definition) is 7. The molecule has 10 heteroatoms. The van der Waals surface area contributed by atoms with Gasteiger partial charge in [-0.3, -0.25) is 14.5 Å². The second kappa shape index (κ2) is 8.73. The molecule has 1 heterocycles. The van der Waals surface area contributed by atoms with Crippen LogP contribution in [0, 0.1) is 0 Å². The second-order valence-electron chi connectivity index (χ2n) is 8.20. The zero-order chi connectivity index (χ0) is 24.5. The third-order valence-electron chi connectivity index (χ3n) is 4.91. The minimum atomic E-state index is -0.744. The van der Waals surface area contributed by atoms with Gasteiger partial charge in [0.05, 0.1) is 42.2 Å². The highest BCUT2D eigenvalue weighted by Gasteiger charge is 2.41. The van der Waals surface area contributed by atoms with Gasteiger partial charge < -0.3 is 20.1 Å². The molecule has 0 aromatic heterocycles. The van der Waals surface area contributed by atoms with Crippen LogP contribution in [0.5, 0.6) is 0 Å². The van der Waals surface area contributed by atoms with Gasteiger partial charge in [0.2, 0.25) is 0 Å². The Balaban J connectivity index is 1.85. The van der Waals surface area contributed by atoms with Gasteiger partial charge in [0.25, 0.3) is 11.8 Å². The number of nitrogens with one attached hydrogen (secondary N) is 2. The van der Waals surface area contributed by atoms with Gasteiger partial charge in [-0.15, -0.1) is 0 Å². The van der Waals surface area contributed by atoms with Crippen LogP contribution >= 0.6 is 0 Å². The summed E-state index contributed by atoms with van der Waals surface area (Å²) >= 11 is 0. The van der Waals surface area contributed by atoms with Crippen molar-refractivity contribution in [2.75, 3.05) is 24.9 Å². The van der Waals surface area contributed by atoms with Gasteiger partial charge in [0.1, 0.15) is 0 Å². The highest BCUT2D eigenvalue weighted by molar-refractivity contribution is 6.22. The van der Waals surface area contributed by atoms with Crippen molar-refractivity contribution >= 4 is 41.2 Å². The molecule has 0 bridgehead atoms. The topological polar surface area (TPSA) is 131 Å². The fraction of sp³-hybridized carbons (Fsp3) is 0.261. The Bertz CT molecular complexity index is 1180. The van der Waals surface area contributed by atoms with E-state index in [0.717, 1.165) is 0 Å². The van der Waals surface area contributed by atoms with E-state index in [0.29, 0.717) is 0 Å². The van der Waals surface area contributed by atoms with E-state index >= 15 is 0 Å². The summed E-state index contributed by atoms with van der Waals surface area (Å²) in [5.41, 5.74) is 0.142. The molecule has 0 saturated carbocycles. The summed E-state index contributed by atoms with van der Waals surface area (Å²) in [6.45, 7) is 5.26. The average molecular weight is 453 g/mol. The van der Waals surface area contributed by atoms with Crippen molar-refractivity contribution < 1.29 is 33.4 Å². The molecule has 4 amide bonds. The maximum Gasteiger partial charge on any atom is 0.339 e. The molecule has 1 aliphatic rings. The number of methoxy groups -OCH3 is 2. The molecule has 0 saturated heterocycles. The molecule has 2 N–H and O–H groups in total. The Morgan fingerprint density at radius 2 is 1.45 bits per heavy atom. The van der Waals surface area contributed by atoms with Crippen molar-refractivity contribution in [3.63, 3.8) is 0 Å². The standard InChI is InChI=1S/C23H23N3O7/c1-23(2,3)26-18(27)14-9-7-13(11-16(14)19(26)28)24-22(31)25-17-10-12(20(29)32-4)6-8-15(17)21(30)33-5/h6-11H,1-5H3,(H2,24,25,31). The van der Waals surface area contributed by atoms with Crippen molar-refractivity contribution in [3.8, 4) is 0 Å². The molecule has 33 heavy (non-hydrogen) atoms. The zero-order valence-corrected chi connectivity index (χ0v) is 18.8. The molecule has 2 aromatic rings. The quantitative estimate of drug-likeness (QED) is 0.536. The van der Waals surface area contributed by atoms with Crippen molar-refractivity contribution in [1.29, 1.82) is 0 Å². The number of imide groups is 1. The Hall–Kier alpha value is -4.21. The number of urea groups is 1. The predicted octanol–water partition coefficient (Wildman–Crippen LogP) is 3.30. The smallest absolute Gasteiger partial charge is 0.339 e. The van der Waals surface area contributed by atoms with Gasteiger partial charge >= 0.3 is 18.0 Å². The van der Waals surface area contributed by atoms with Crippen LogP contribution in [0.25, 0.3) is 0 Å². The Morgan fingerprint density at radius 1 is 0.818 bits per heavy atom. The Morgan fingerprint density at radius 3 is 2.06 bits per heavy atom. The lowest BCUT2D eigenvalue weighted by atomic mass is 10.1. The number of carbonyl (C=O) groups excluding carboxylic acids is 5. The van der Waals surface area contributed by atoms with Crippen LogP contribution in [-0.4, -0.2) is 54.4 Å². The summed E-state index contributed by atoms with van der Waals surface area (Å²) in [5, 5.41) is 5.05. The number of ether oxygens (including phenoxy) is 2. The first-order valence-electron chi connectivity index (χ1n) is 9.89. The number of carbonyl (C=O) groups is 5. The fourth-order valence-electron chi connectivity index (χ4n) is 3.39. The van der Waals surface area contributed by atoms with Crippen LogP contribution in [0.3, 0.4) is 0 Å². The average Bonchev–Trinajstić information content (AvgIpc) is 3.02. The van der Waals surface area contributed by atoms with Crippen molar-refractivity contribution in [1.82, 2.24) is 4.90 Å². The molecule has 0 unspecified atom stereocenters. The number of fused-ring (bicyclic) bond motifs is 1. The highest BCUT2D eigenvalue weighted by atomic mass is 16.5. The van der Waals surface area contributed by atoms with E-state index in [4.69, 9.17) is 4.74 Å². The van der Waals surface area contributed by atoms with Crippen LogP contribution in [0.4, 0.5) is 16.2 Å². The van der Waals surface area contributed by atoms with Crippen molar-refractivity contribution in [3.05, 3.63) is 58.7 Å². The van der Waals surface area contributed by atoms with Gasteiger partial charge in [-0.25, -0.2) is 14.4 Å². The lowest BCUT2D eigenvalue weighted by molar-refractivity contribution is 0.0505. The highest BCUT2D eigenvalue weighted by Crippen LogP contribution is 2.31. The van der Waals surface area contributed by atoms with Crippen molar-refractivity contribution in [2.45, 2.75) is 26.3 Å². The number of anilines is 2. The number of nitrogens with zero attached hydrogens (tertiary/aromatic N) is 1. The van der Waals surface area contributed by atoms with E-state index in [9.17, 15) is 24.0 Å². The summed E-state index contributed by atoms with van der Waals surface area (Å²) in [6.07, 6.45) is 0. The van der Waals surface area contributed by atoms with Crippen LogP contribution < -0.4 is 10.6 Å². The zero-order valence-electron chi connectivity index (χ0n) is 18.8. The molecule has 0 spiro atoms. The third kappa shape index (κ3) is 4.54. The number of hydrogen-bond donors (Lipinski definition) is 2. The van der Waals surface area contributed by atoms with E-state index in [1.807, 2.05) is 0 Å². The number of esters is 2. The summed E-state index contributed by atoms with van der Waals surface area (Å²) in [6, 6.07) is 7.60.